The third-order valence-corrected chi connectivity index (χ3v) is 7.33. The molecule has 3 aliphatic rings. The molecule has 1 spiro atoms. The van der Waals surface area contributed by atoms with Crippen LogP contribution in [0.15, 0.2) is 24.5 Å². The second-order valence-corrected chi connectivity index (χ2v) is 9.77. The van der Waals surface area contributed by atoms with Crippen molar-refractivity contribution in [2.24, 2.45) is 13.0 Å². The zero-order valence-corrected chi connectivity index (χ0v) is 20.3. The van der Waals surface area contributed by atoms with E-state index in [4.69, 9.17) is 23.9 Å². The summed E-state index contributed by atoms with van der Waals surface area (Å²) in [5.41, 5.74) is 4.18. The Morgan fingerprint density at radius 2 is 2.14 bits per heavy atom. The average molecular weight is 479 g/mol. The number of fused-ring (bicyclic) bond motifs is 3. The molecule has 0 aliphatic carbocycles. The van der Waals surface area contributed by atoms with E-state index < -0.39 is 5.60 Å². The van der Waals surface area contributed by atoms with E-state index >= 15 is 0 Å². The molecule has 1 N–H and O–H groups in total. The Kier molecular flexibility index (Phi) is 5.51. The van der Waals surface area contributed by atoms with Crippen LogP contribution in [0.2, 0.25) is 0 Å². The van der Waals surface area contributed by atoms with Gasteiger partial charge in [-0.25, -0.2) is 9.97 Å². The number of carbonyl (C=O) groups excluding carboxylic acids is 1. The van der Waals surface area contributed by atoms with Gasteiger partial charge in [-0.15, -0.1) is 0 Å². The highest BCUT2D eigenvalue weighted by Gasteiger charge is 2.45. The minimum absolute atomic E-state index is 0.0322. The van der Waals surface area contributed by atoms with E-state index in [-0.39, 0.29) is 12.0 Å². The van der Waals surface area contributed by atoms with Crippen molar-refractivity contribution in [3.8, 4) is 17.0 Å². The van der Waals surface area contributed by atoms with E-state index in [0.29, 0.717) is 31.6 Å². The average Bonchev–Trinajstić information content (AvgIpc) is 3.38. The van der Waals surface area contributed by atoms with Gasteiger partial charge < -0.3 is 28.8 Å². The van der Waals surface area contributed by atoms with Gasteiger partial charge in [-0.3, -0.25) is 4.79 Å². The number of ether oxygens (including phenoxy) is 4. The first-order valence-electron chi connectivity index (χ1n) is 12.2. The molecule has 3 aromatic rings. The molecular formula is C26H30N4O5. The summed E-state index contributed by atoms with van der Waals surface area (Å²) in [7, 11) is 1.98. The van der Waals surface area contributed by atoms with Crippen LogP contribution in [0.25, 0.3) is 22.2 Å². The summed E-state index contributed by atoms with van der Waals surface area (Å²) in [5, 5.41) is 3.74. The number of aromatic nitrogens is 3. The van der Waals surface area contributed by atoms with Gasteiger partial charge in [0.15, 0.2) is 0 Å². The lowest BCUT2D eigenvalue weighted by atomic mass is 9.89. The SMILES string of the molecule is CC(=O)Nc1cc2c(-c3cc(O[C@H](C)C4COC4)c4c(n3)C3(CCOC3)OCC4)cn(C)c2cn1. The first-order chi connectivity index (χ1) is 16.9. The maximum atomic E-state index is 11.6. The largest absolute Gasteiger partial charge is 0.490 e. The molecule has 0 aromatic carbocycles. The van der Waals surface area contributed by atoms with E-state index in [0.717, 1.165) is 65.2 Å². The summed E-state index contributed by atoms with van der Waals surface area (Å²) in [5.74, 6) is 1.59. The molecule has 0 radical (unpaired) electrons. The van der Waals surface area contributed by atoms with Crippen molar-refractivity contribution in [3.63, 3.8) is 0 Å². The Labute approximate surface area is 203 Å². The zero-order valence-electron chi connectivity index (χ0n) is 20.3. The van der Waals surface area contributed by atoms with Crippen molar-refractivity contribution >= 4 is 22.6 Å². The summed E-state index contributed by atoms with van der Waals surface area (Å²) < 4.78 is 26.1. The van der Waals surface area contributed by atoms with Crippen molar-refractivity contribution < 1.29 is 23.7 Å². The molecule has 2 saturated heterocycles. The lowest BCUT2D eigenvalue weighted by Crippen LogP contribution is -2.40. The predicted molar refractivity (Wildman–Crippen MR) is 129 cm³/mol. The van der Waals surface area contributed by atoms with Crippen LogP contribution in [0.4, 0.5) is 5.82 Å². The Hall–Kier alpha value is -3.01. The smallest absolute Gasteiger partial charge is 0.222 e. The van der Waals surface area contributed by atoms with Crippen LogP contribution >= 0.6 is 0 Å². The molecule has 9 nitrogen and oxygen atoms in total. The summed E-state index contributed by atoms with van der Waals surface area (Å²) in [6, 6.07) is 3.95. The third kappa shape index (κ3) is 3.87. The third-order valence-electron chi connectivity index (χ3n) is 7.33. The van der Waals surface area contributed by atoms with Gasteiger partial charge >= 0.3 is 0 Å². The number of amides is 1. The molecular weight excluding hydrogens is 448 g/mol. The monoisotopic (exact) mass is 478 g/mol. The van der Waals surface area contributed by atoms with E-state index in [9.17, 15) is 4.79 Å². The van der Waals surface area contributed by atoms with Gasteiger partial charge in [0, 0.05) is 68.1 Å². The maximum absolute atomic E-state index is 11.6. The molecule has 2 atom stereocenters. The van der Waals surface area contributed by atoms with Crippen LogP contribution in [0, 0.1) is 5.92 Å². The Morgan fingerprint density at radius 1 is 1.29 bits per heavy atom. The zero-order chi connectivity index (χ0) is 24.2. The Balaban J connectivity index is 1.51. The molecule has 6 heterocycles. The summed E-state index contributed by atoms with van der Waals surface area (Å²) in [6.45, 7) is 6.80. The molecule has 1 amide bonds. The highest BCUT2D eigenvalue weighted by molar-refractivity contribution is 5.98. The van der Waals surface area contributed by atoms with Gasteiger partial charge in [0.05, 0.1) is 49.5 Å². The van der Waals surface area contributed by atoms with Crippen LogP contribution in [0.5, 0.6) is 5.75 Å². The fourth-order valence-corrected chi connectivity index (χ4v) is 5.23. The number of carbonyl (C=O) groups is 1. The number of nitrogens with one attached hydrogen (secondary N) is 1. The van der Waals surface area contributed by atoms with Crippen molar-refractivity contribution in [2.75, 3.05) is 38.4 Å². The first-order valence-corrected chi connectivity index (χ1v) is 12.2. The second-order valence-electron chi connectivity index (χ2n) is 9.77. The summed E-state index contributed by atoms with van der Waals surface area (Å²) in [4.78, 5) is 21.2. The van der Waals surface area contributed by atoms with Gasteiger partial charge in [-0.05, 0) is 13.0 Å². The Bertz CT molecular complexity index is 1290. The normalized spacial score (nSPS) is 22.7. The quantitative estimate of drug-likeness (QED) is 0.602. The Morgan fingerprint density at radius 3 is 2.86 bits per heavy atom. The van der Waals surface area contributed by atoms with E-state index in [1.54, 1.807) is 6.20 Å². The molecule has 1 unspecified atom stereocenters. The second kappa shape index (κ2) is 8.58. The van der Waals surface area contributed by atoms with Crippen LogP contribution in [0.3, 0.4) is 0 Å². The number of anilines is 1. The van der Waals surface area contributed by atoms with E-state index in [1.807, 2.05) is 23.9 Å². The van der Waals surface area contributed by atoms with Crippen molar-refractivity contribution in [1.29, 1.82) is 0 Å². The summed E-state index contributed by atoms with van der Waals surface area (Å²) >= 11 is 0. The van der Waals surface area contributed by atoms with Gasteiger partial charge in [-0.1, -0.05) is 0 Å². The fourth-order valence-electron chi connectivity index (χ4n) is 5.23. The molecule has 0 saturated carbocycles. The number of rotatable bonds is 5. The fraction of sp³-hybridized carbons (Fsp3) is 0.500. The van der Waals surface area contributed by atoms with Crippen LogP contribution < -0.4 is 10.1 Å². The minimum atomic E-state index is -0.544. The standard InChI is InChI=1S/C26H30N4O5/c1-15(17-12-33-13-17)35-23-9-21(29-25-18(23)4-6-34-26(25)5-7-32-14-26)20-11-30(3)22-10-27-24(8-19(20)22)28-16(2)31/h8-11,15,17H,4-7,12-14H2,1-3H3,(H,27,28,31)/t15-,26?/m1/s1. The number of aryl methyl sites for hydroxylation is 1. The van der Waals surface area contributed by atoms with Crippen molar-refractivity contribution in [3.05, 3.63) is 35.8 Å². The number of hydrogen-bond acceptors (Lipinski definition) is 7. The van der Waals surface area contributed by atoms with Crippen molar-refractivity contribution in [1.82, 2.24) is 14.5 Å². The molecule has 9 heteroatoms. The van der Waals surface area contributed by atoms with Crippen LogP contribution in [-0.2, 0) is 38.1 Å². The first kappa shape index (κ1) is 22.5. The number of hydrogen-bond donors (Lipinski definition) is 1. The van der Waals surface area contributed by atoms with Crippen LogP contribution in [-0.4, -0.2) is 59.6 Å². The van der Waals surface area contributed by atoms with Crippen LogP contribution in [0.1, 0.15) is 31.5 Å². The highest BCUT2D eigenvalue weighted by atomic mass is 16.6. The number of nitrogens with zero attached hydrogens (tertiary/aromatic N) is 3. The lowest BCUT2D eigenvalue weighted by Gasteiger charge is -2.36. The van der Waals surface area contributed by atoms with Gasteiger partial charge in [-0.2, -0.15) is 0 Å². The topological polar surface area (TPSA) is 96.7 Å². The molecule has 0 bridgehead atoms. The minimum Gasteiger partial charge on any atom is -0.490 e. The van der Waals surface area contributed by atoms with Crippen molar-refractivity contribution in [2.45, 2.75) is 38.4 Å². The predicted octanol–water partition coefficient (Wildman–Crippen LogP) is 3.20. The van der Waals surface area contributed by atoms with E-state index in [1.165, 1.54) is 6.92 Å². The molecule has 184 valence electrons. The molecule has 6 rings (SSSR count). The molecule has 3 aromatic heterocycles. The molecule has 3 aliphatic heterocycles. The van der Waals surface area contributed by atoms with Gasteiger partial charge in [0.1, 0.15) is 23.3 Å². The number of pyridine rings is 2. The van der Waals surface area contributed by atoms with Gasteiger partial charge in [0.25, 0.3) is 0 Å². The van der Waals surface area contributed by atoms with E-state index in [2.05, 4.69) is 23.3 Å². The summed E-state index contributed by atoms with van der Waals surface area (Å²) in [6.07, 6.45) is 5.37. The lowest BCUT2D eigenvalue weighted by molar-refractivity contribution is -0.114. The van der Waals surface area contributed by atoms with Gasteiger partial charge in [0.2, 0.25) is 5.91 Å². The molecule has 2 fully saturated rings. The molecule has 35 heavy (non-hydrogen) atoms. The maximum Gasteiger partial charge on any atom is 0.222 e. The highest BCUT2D eigenvalue weighted by Crippen LogP contribution is 2.44.